The number of hydrogen-bond acceptors (Lipinski definition) is 4. The largest absolute Gasteiger partial charge is 0.497 e. The molecule has 2 unspecified atom stereocenters. The number of hydrogen-bond donors (Lipinski definition) is 0. The summed E-state index contributed by atoms with van der Waals surface area (Å²) >= 11 is 0. The summed E-state index contributed by atoms with van der Waals surface area (Å²) in [6.07, 6.45) is 8.59. The van der Waals surface area contributed by atoms with Crippen molar-refractivity contribution in [1.82, 2.24) is 5.06 Å². The van der Waals surface area contributed by atoms with E-state index in [2.05, 4.69) is 0 Å². The van der Waals surface area contributed by atoms with E-state index in [9.17, 15) is 4.79 Å². The fraction of sp³-hybridized carbons (Fsp3) is 0.471. The van der Waals surface area contributed by atoms with Gasteiger partial charge < -0.3 is 9.47 Å². The second-order valence-corrected chi connectivity index (χ2v) is 5.32. The van der Waals surface area contributed by atoms with Crippen LogP contribution in [0.3, 0.4) is 0 Å². The number of benzene rings is 1. The van der Waals surface area contributed by atoms with E-state index in [0.717, 1.165) is 16.4 Å². The van der Waals surface area contributed by atoms with Crippen molar-refractivity contribution < 1.29 is 19.1 Å². The van der Waals surface area contributed by atoms with Crippen molar-refractivity contribution in [2.45, 2.75) is 31.5 Å². The minimum Gasteiger partial charge on any atom is -0.497 e. The molecule has 5 heteroatoms. The molecule has 1 aromatic rings. The van der Waals surface area contributed by atoms with Crippen LogP contribution in [0, 0.1) is 0 Å². The Hall–Kier alpha value is -1.85. The van der Waals surface area contributed by atoms with E-state index < -0.39 is 0 Å². The number of amides is 1. The summed E-state index contributed by atoms with van der Waals surface area (Å²) in [5.74, 6) is 0.579. The number of likely N-dealkylation sites (N-methyl/N-ethyl adjacent to an activating group) is 1. The standard InChI is InChI=1S/C12H15NO3.C5H8O/c1-13(16-3)12(14)9-6-10-4-7-11(15-2)8-5-10;1-2-5-3-4(1)6-5/h4-9H,1-3H3;4-5H,1-3H2. The Morgan fingerprint density at radius 3 is 2.23 bits per heavy atom. The average molecular weight is 305 g/mol. The molecule has 0 spiro atoms. The van der Waals surface area contributed by atoms with Crippen molar-refractivity contribution >= 4 is 12.0 Å². The maximum atomic E-state index is 11.4. The number of nitrogens with zero attached hydrogens (tertiary/aromatic N) is 1. The summed E-state index contributed by atoms with van der Waals surface area (Å²) in [6.45, 7) is 0. The van der Waals surface area contributed by atoms with Crippen molar-refractivity contribution in [3.63, 3.8) is 0 Å². The fourth-order valence-electron chi connectivity index (χ4n) is 2.38. The van der Waals surface area contributed by atoms with Crippen molar-refractivity contribution in [2.24, 2.45) is 0 Å². The van der Waals surface area contributed by atoms with Gasteiger partial charge in [-0.1, -0.05) is 12.1 Å². The topological polar surface area (TPSA) is 48.0 Å². The number of ether oxygens (including phenoxy) is 2. The summed E-state index contributed by atoms with van der Waals surface area (Å²) in [5.41, 5.74) is 0.929. The monoisotopic (exact) mass is 305 g/mol. The van der Waals surface area contributed by atoms with Crippen molar-refractivity contribution in [3.8, 4) is 5.75 Å². The van der Waals surface area contributed by atoms with Crippen molar-refractivity contribution in [2.75, 3.05) is 21.3 Å². The van der Waals surface area contributed by atoms with Crippen LogP contribution < -0.4 is 4.74 Å². The quantitative estimate of drug-likeness (QED) is 0.634. The predicted octanol–water partition coefficient (Wildman–Crippen LogP) is 2.67. The van der Waals surface area contributed by atoms with Crippen LogP contribution in [0.5, 0.6) is 5.75 Å². The Bertz CT molecular complexity index is 492. The normalized spacial score (nSPS) is 21.8. The Kier molecular flexibility index (Phi) is 5.98. The lowest BCUT2D eigenvalue weighted by Gasteiger charge is -2.23. The second-order valence-electron chi connectivity index (χ2n) is 5.32. The van der Waals surface area contributed by atoms with Gasteiger partial charge in [0.2, 0.25) is 0 Å². The summed E-state index contributed by atoms with van der Waals surface area (Å²) in [4.78, 5) is 16.1. The van der Waals surface area contributed by atoms with Gasteiger partial charge in [0.25, 0.3) is 5.91 Å². The Labute approximate surface area is 131 Å². The third-order valence-electron chi connectivity index (χ3n) is 3.84. The SMILES string of the molecule is C1CC2CC1O2.COc1ccc(C=CC(=O)N(C)OC)cc1. The first-order valence-corrected chi connectivity index (χ1v) is 7.41. The zero-order valence-corrected chi connectivity index (χ0v) is 13.3. The van der Waals surface area contributed by atoms with Crippen LogP contribution in [-0.4, -0.2) is 44.4 Å². The Balaban J connectivity index is 0.000000238. The molecule has 5 nitrogen and oxygen atoms in total. The lowest BCUT2D eigenvalue weighted by atomic mass is 10.2. The van der Waals surface area contributed by atoms with Crippen molar-refractivity contribution in [3.05, 3.63) is 35.9 Å². The van der Waals surface area contributed by atoms with E-state index in [0.29, 0.717) is 12.2 Å². The molecule has 2 heterocycles. The molecule has 1 saturated carbocycles. The van der Waals surface area contributed by atoms with Gasteiger partial charge in [0.05, 0.1) is 26.4 Å². The number of hydroxylamine groups is 2. The molecular formula is C17H23NO4. The van der Waals surface area contributed by atoms with E-state index in [1.54, 1.807) is 20.2 Å². The first kappa shape index (κ1) is 16.5. The smallest absolute Gasteiger partial charge is 0.269 e. The van der Waals surface area contributed by atoms with Crippen LogP contribution in [-0.2, 0) is 14.4 Å². The summed E-state index contributed by atoms with van der Waals surface area (Å²) in [6, 6.07) is 7.42. The van der Waals surface area contributed by atoms with Gasteiger partial charge in [-0.3, -0.25) is 9.63 Å². The minimum atomic E-state index is -0.210. The molecule has 4 rings (SSSR count). The third-order valence-corrected chi connectivity index (χ3v) is 3.84. The van der Waals surface area contributed by atoms with Crippen LogP contribution in [0.1, 0.15) is 24.8 Å². The summed E-state index contributed by atoms with van der Waals surface area (Å²) in [7, 11) is 4.61. The number of carbonyl (C=O) groups excluding carboxylic acids is 1. The Morgan fingerprint density at radius 1 is 1.23 bits per heavy atom. The fourth-order valence-corrected chi connectivity index (χ4v) is 2.38. The minimum absolute atomic E-state index is 0.210. The van der Waals surface area contributed by atoms with Gasteiger partial charge >= 0.3 is 0 Å². The number of methoxy groups -OCH3 is 1. The highest BCUT2D eigenvalue weighted by molar-refractivity contribution is 5.90. The molecule has 2 atom stereocenters. The maximum absolute atomic E-state index is 11.4. The summed E-state index contributed by atoms with van der Waals surface area (Å²) in [5, 5.41) is 1.15. The molecule has 3 aliphatic rings. The molecular weight excluding hydrogens is 282 g/mol. The van der Waals surface area contributed by atoms with Gasteiger partial charge in [-0.15, -0.1) is 0 Å². The summed E-state index contributed by atoms with van der Waals surface area (Å²) < 4.78 is 10.3. The zero-order chi connectivity index (χ0) is 15.9. The first-order chi connectivity index (χ1) is 10.6. The Morgan fingerprint density at radius 2 is 1.82 bits per heavy atom. The van der Waals surface area contributed by atoms with Gasteiger partial charge in [-0.2, -0.15) is 0 Å². The highest BCUT2D eigenvalue weighted by Crippen LogP contribution is 2.36. The molecule has 1 aliphatic carbocycles. The van der Waals surface area contributed by atoms with Crippen LogP contribution >= 0.6 is 0 Å². The molecule has 2 bridgehead atoms. The van der Waals surface area contributed by atoms with E-state index in [1.165, 1.54) is 32.4 Å². The van der Waals surface area contributed by atoms with Crippen LogP contribution in [0.25, 0.3) is 6.08 Å². The number of carbonyl (C=O) groups is 1. The first-order valence-electron chi connectivity index (χ1n) is 7.41. The number of rotatable bonds is 4. The molecule has 22 heavy (non-hydrogen) atoms. The third kappa shape index (κ3) is 4.58. The highest BCUT2D eigenvalue weighted by atomic mass is 16.7. The molecule has 120 valence electrons. The average Bonchev–Trinajstić information content (AvgIpc) is 3.18. The molecule has 0 N–H and O–H groups in total. The van der Waals surface area contributed by atoms with Crippen LogP contribution in [0.15, 0.2) is 30.3 Å². The van der Waals surface area contributed by atoms with E-state index in [4.69, 9.17) is 14.3 Å². The van der Waals surface area contributed by atoms with Gasteiger partial charge in [-0.05, 0) is 43.0 Å². The zero-order valence-electron chi connectivity index (χ0n) is 13.3. The lowest BCUT2D eigenvalue weighted by molar-refractivity contribution is -0.162. The van der Waals surface area contributed by atoms with E-state index in [1.807, 2.05) is 24.3 Å². The molecule has 3 fully saturated rings. The molecule has 1 amide bonds. The molecule has 1 aromatic carbocycles. The molecule has 2 saturated heterocycles. The van der Waals surface area contributed by atoms with Crippen LogP contribution in [0.4, 0.5) is 0 Å². The molecule has 0 radical (unpaired) electrons. The van der Waals surface area contributed by atoms with Crippen molar-refractivity contribution in [1.29, 1.82) is 0 Å². The predicted molar refractivity (Wildman–Crippen MR) is 84.3 cm³/mol. The second kappa shape index (κ2) is 7.96. The highest BCUT2D eigenvalue weighted by Gasteiger charge is 2.36. The maximum Gasteiger partial charge on any atom is 0.269 e. The van der Waals surface area contributed by atoms with Crippen LogP contribution in [0.2, 0.25) is 0 Å². The van der Waals surface area contributed by atoms with Gasteiger partial charge in [0.15, 0.2) is 0 Å². The van der Waals surface area contributed by atoms with E-state index >= 15 is 0 Å². The molecule has 0 aromatic heterocycles. The number of fused-ring (bicyclic) bond motifs is 1. The lowest BCUT2D eigenvalue weighted by Crippen LogP contribution is -2.25. The van der Waals surface area contributed by atoms with Gasteiger partial charge in [0, 0.05) is 13.1 Å². The van der Waals surface area contributed by atoms with Gasteiger partial charge in [-0.25, -0.2) is 5.06 Å². The van der Waals surface area contributed by atoms with Gasteiger partial charge in [0.1, 0.15) is 5.75 Å². The van der Waals surface area contributed by atoms with E-state index in [-0.39, 0.29) is 5.91 Å². The molecule has 2 aliphatic heterocycles.